The lowest BCUT2D eigenvalue weighted by molar-refractivity contribution is 0.158. The highest BCUT2D eigenvalue weighted by molar-refractivity contribution is 4.59. The van der Waals surface area contributed by atoms with Gasteiger partial charge in [-0.25, -0.2) is 0 Å². The van der Waals surface area contributed by atoms with Gasteiger partial charge >= 0.3 is 0 Å². The molecule has 0 saturated carbocycles. The van der Waals surface area contributed by atoms with E-state index in [0.717, 1.165) is 25.6 Å². The molecule has 0 fully saturated rings. The largest absolute Gasteiger partial charge is 0.384 e. The van der Waals surface area contributed by atoms with Crippen LogP contribution in [-0.4, -0.2) is 26.8 Å². The van der Waals surface area contributed by atoms with Gasteiger partial charge in [-0.15, -0.1) is 0 Å². The summed E-state index contributed by atoms with van der Waals surface area (Å²) in [6, 6.07) is 0. The van der Waals surface area contributed by atoms with E-state index in [1.54, 1.807) is 7.11 Å². The van der Waals surface area contributed by atoms with Crippen molar-refractivity contribution in [1.29, 1.82) is 0 Å². The fourth-order valence-electron chi connectivity index (χ4n) is 1.51. The predicted octanol–water partition coefficient (Wildman–Crippen LogP) is 2.29. The Hall–Kier alpha value is -0.0800. The summed E-state index contributed by atoms with van der Waals surface area (Å²) in [4.78, 5) is 0. The lowest BCUT2D eigenvalue weighted by atomic mass is 10.1. The van der Waals surface area contributed by atoms with E-state index in [1.807, 2.05) is 0 Å². The van der Waals surface area contributed by atoms with Gasteiger partial charge in [0.15, 0.2) is 0 Å². The van der Waals surface area contributed by atoms with E-state index < -0.39 is 0 Å². The third-order valence-electron chi connectivity index (χ3n) is 2.22. The van der Waals surface area contributed by atoms with Crippen LogP contribution < -0.4 is 5.32 Å². The SMILES string of the molecule is CCCC(C)CNCC(C)COC. The van der Waals surface area contributed by atoms with Crippen LogP contribution in [0.2, 0.25) is 0 Å². The van der Waals surface area contributed by atoms with Gasteiger partial charge in [-0.3, -0.25) is 0 Å². The molecule has 13 heavy (non-hydrogen) atoms. The Kier molecular flexibility index (Phi) is 8.46. The zero-order valence-corrected chi connectivity index (χ0v) is 9.60. The van der Waals surface area contributed by atoms with Crippen molar-refractivity contribution < 1.29 is 4.74 Å². The second kappa shape index (κ2) is 8.52. The van der Waals surface area contributed by atoms with Gasteiger partial charge in [0, 0.05) is 13.7 Å². The normalized spacial score (nSPS) is 15.7. The minimum atomic E-state index is 0.624. The Morgan fingerprint density at radius 3 is 2.31 bits per heavy atom. The van der Waals surface area contributed by atoms with E-state index in [2.05, 4.69) is 26.1 Å². The second-order valence-electron chi connectivity index (χ2n) is 4.11. The van der Waals surface area contributed by atoms with Crippen LogP contribution >= 0.6 is 0 Å². The standard InChI is InChI=1S/C11H25NO/c1-5-6-10(2)7-12-8-11(3)9-13-4/h10-12H,5-9H2,1-4H3. The fourth-order valence-corrected chi connectivity index (χ4v) is 1.51. The molecule has 0 aromatic heterocycles. The van der Waals surface area contributed by atoms with Gasteiger partial charge in [-0.05, 0) is 31.3 Å². The van der Waals surface area contributed by atoms with Crippen LogP contribution in [0, 0.1) is 11.8 Å². The van der Waals surface area contributed by atoms with Crippen LogP contribution in [-0.2, 0) is 4.74 Å². The van der Waals surface area contributed by atoms with Crippen molar-refractivity contribution in [2.24, 2.45) is 11.8 Å². The van der Waals surface area contributed by atoms with Crippen LogP contribution in [0.25, 0.3) is 0 Å². The van der Waals surface area contributed by atoms with E-state index in [0.29, 0.717) is 5.92 Å². The van der Waals surface area contributed by atoms with Crippen LogP contribution in [0.15, 0.2) is 0 Å². The average molecular weight is 187 g/mol. The number of hydrogen-bond acceptors (Lipinski definition) is 2. The summed E-state index contributed by atoms with van der Waals surface area (Å²) in [5.74, 6) is 1.43. The minimum absolute atomic E-state index is 0.624. The maximum absolute atomic E-state index is 5.07. The number of nitrogens with one attached hydrogen (secondary N) is 1. The van der Waals surface area contributed by atoms with Crippen LogP contribution in [0.1, 0.15) is 33.6 Å². The molecule has 0 heterocycles. The van der Waals surface area contributed by atoms with Gasteiger partial charge in [0.1, 0.15) is 0 Å². The number of methoxy groups -OCH3 is 1. The topological polar surface area (TPSA) is 21.3 Å². The molecule has 0 saturated heterocycles. The Morgan fingerprint density at radius 2 is 1.77 bits per heavy atom. The summed E-state index contributed by atoms with van der Waals surface area (Å²) in [5, 5.41) is 3.47. The van der Waals surface area contributed by atoms with Crippen molar-refractivity contribution in [3.63, 3.8) is 0 Å². The number of ether oxygens (including phenoxy) is 1. The maximum atomic E-state index is 5.07. The lowest BCUT2D eigenvalue weighted by Gasteiger charge is -2.14. The molecule has 2 unspecified atom stereocenters. The van der Waals surface area contributed by atoms with Gasteiger partial charge in [0.05, 0.1) is 0 Å². The van der Waals surface area contributed by atoms with Gasteiger partial charge in [0.25, 0.3) is 0 Å². The summed E-state index contributed by atoms with van der Waals surface area (Å²) in [6.45, 7) is 9.82. The Balaban J connectivity index is 3.23. The van der Waals surface area contributed by atoms with E-state index in [-0.39, 0.29) is 0 Å². The first-order chi connectivity index (χ1) is 6.20. The minimum Gasteiger partial charge on any atom is -0.384 e. The Labute approximate surface area is 83.1 Å². The summed E-state index contributed by atoms with van der Waals surface area (Å²) in [7, 11) is 1.76. The molecule has 0 aliphatic heterocycles. The zero-order chi connectivity index (χ0) is 10.1. The highest BCUT2D eigenvalue weighted by atomic mass is 16.5. The molecule has 2 heteroatoms. The van der Waals surface area contributed by atoms with E-state index in [1.165, 1.54) is 12.8 Å². The van der Waals surface area contributed by atoms with Gasteiger partial charge in [-0.1, -0.05) is 27.2 Å². The molecule has 2 atom stereocenters. The first kappa shape index (κ1) is 12.9. The molecule has 0 bridgehead atoms. The summed E-state index contributed by atoms with van der Waals surface area (Å²) >= 11 is 0. The molecule has 0 amide bonds. The molecule has 0 aromatic carbocycles. The monoisotopic (exact) mass is 187 g/mol. The second-order valence-corrected chi connectivity index (χ2v) is 4.11. The zero-order valence-electron chi connectivity index (χ0n) is 9.60. The van der Waals surface area contributed by atoms with Crippen molar-refractivity contribution in [2.75, 3.05) is 26.8 Å². The highest BCUT2D eigenvalue weighted by Gasteiger charge is 2.03. The molecule has 0 radical (unpaired) electrons. The van der Waals surface area contributed by atoms with Crippen molar-refractivity contribution in [3.05, 3.63) is 0 Å². The third-order valence-corrected chi connectivity index (χ3v) is 2.22. The predicted molar refractivity (Wildman–Crippen MR) is 58.0 cm³/mol. The molecule has 0 spiro atoms. The quantitative estimate of drug-likeness (QED) is 0.629. The first-order valence-corrected chi connectivity index (χ1v) is 5.40. The maximum Gasteiger partial charge on any atom is 0.0499 e. The smallest absolute Gasteiger partial charge is 0.0499 e. The molecule has 0 aliphatic rings. The van der Waals surface area contributed by atoms with Gasteiger partial charge < -0.3 is 10.1 Å². The molecule has 0 aliphatic carbocycles. The third kappa shape index (κ3) is 8.26. The summed E-state index contributed by atoms with van der Waals surface area (Å²) in [5.41, 5.74) is 0. The molecule has 2 nitrogen and oxygen atoms in total. The molecule has 1 N–H and O–H groups in total. The van der Waals surface area contributed by atoms with Gasteiger partial charge in [-0.2, -0.15) is 0 Å². The Morgan fingerprint density at radius 1 is 1.15 bits per heavy atom. The van der Waals surface area contributed by atoms with E-state index in [9.17, 15) is 0 Å². The van der Waals surface area contributed by atoms with Crippen molar-refractivity contribution >= 4 is 0 Å². The highest BCUT2D eigenvalue weighted by Crippen LogP contribution is 2.03. The lowest BCUT2D eigenvalue weighted by Crippen LogP contribution is -2.27. The van der Waals surface area contributed by atoms with E-state index in [4.69, 9.17) is 4.74 Å². The van der Waals surface area contributed by atoms with Crippen molar-refractivity contribution in [1.82, 2.24) is 5.32 Å². The molecule has 0 rings (SSSR count). The molecule has 80 valence electrons. The van der Waals surface area contributed by atoms with Crippen LogP contribution in [0.4, 0.5) is 0 Å². The van der Waals surface area contributed by atoms with Crippen LogP contribution in [0.5, 0.6) is 0 Å². The van der Waals surface area contributed by atoms with Crippen molar-refractivity contribution in [3.8, 4) is 0 Å². The summed E-state index contributed by atoms with van der Waals surface area (Å²) < 4.78 is 5.07. The van der Waals surface area contributed by atoms with E-state index >= 15 is 0 Å². The fraction of sp³-hybridized carbons (Fsp3) is 1.00. The van der Waals surface area contributed by atoms with Crippen LogP contribution in [0.3, 0.4) is 0 Å². The Bertz CT molecular complexity index is 94.3. The average Bonchev–Trinajstić information content (AvgIpc) is 2.05. The number of rotatable bonds is 8. The number of hydrogen-bond donors (Lipinski definition) is 1. The first-order valence-electron chi connectivity index (χ1n) is 5.40. The van der Waals surface area contributed by atoms with Crippen molar-refractivity contribution in [2.45, 2.75) is 33.6 Å². The molecular formula is C11H25NO. The molecular weight excluding hydrogens is 162 g/mol. The summed E-state index contributed by atoms with van der Waals surface area (Å²) in [6.07, 6.45) is 2.61. The molecule has 0 aromatic rings. The van der Waals surface area contributed by atoms with Gasteiger partial charge in [0.2, 0.25) is 0 Å².